The van der Waals surface area contributed by atoms with Crippen molar-refractivity contribution in [3.05, 3.63) is 36.8 Å². The lowest BCUT2D eigenvalue weighted by Gasteiger charge is -2.17. The third-order valence-electron chi connectivity index (χ3n) is 9.69. The fraction of sp³-hybridized carbons (Fsp3) is 0.872. The van der Waals surface area contributed by atoms with E-state index in [1.54, 1.807) is 18.0 Å². The summed E-state index contributed by atoms with van der Waals surface area (Å²) in [6, 6.07) is 0. The molecule has 50 heavy (non-hydrogen) atoms. The highest BCUT2D eigenvalue weighted by Gasteiger charge is 2.09. The predicted molar refractivity (Wildman–Crippen MR) is 238 cm³/mol. The second-order valence-corrected chi connectivity index (χ2v) is 16.3. The minimum absolute atomic E-state index is 1.05. The van der Waals surface area contributed by atoms with Gasteiger partial charge in [0.2, 0.25) is 0 Å². The highest BCUT2D eigenvalue weighted by Crippen LogP contribution is 2.25. The van der Waals surface area contributed by atoms with E-state index in [2.05, 4.69) is 43.6 Å². The van der Waals surface area contributed by atoms with Crippen LogP contribution in [0.1, 0.15) is 240 Å². The molecular formula is C47H96N2S. The summed E-state index contributed by atoms with van der Waals surface area (Å²) < 4.78 is 2.88. The zero-order chi connectivity index (χ0) is 37.4. The molecule has 0 aliphatic heterocycles. The normalized spacial score (nSPS) is 14.2. The van der Waals surface area contributed by atoms with Gasteiger partial charge in [0, 0.05) is 0 Å². The van der Waals surface area contributed by atoms with Crippen LogP contribution < -0.4 is 10.0 Å². The molecule has 300 valence electrons. The van der Waals surface area contributed by atoms with E-state index in [4.69, 9.17) is 0 Å². The van der Waals surface area contributed by atoms with Crippen molar-refractivity contribution in [2.24, 2.45) is 5.92 Å². The Balaban J connectivity index is -0.000000899. The molecule has 0 spiro atoms. The van der Waals surface area contributed by atoms with Crippen LogP contribution in [-0.4, -0.2) is 20.1 Å². The fourth-order valence-corrected chi connectivity index (χ4v) is 7.03. The van der Waals surface area contributed by atoms with Crippen molar-refractivity contribution in [2.75, 3.05) is 20.1 Å². The molecule has 0 saturated heterocycles. The maximum absolute atomic E-state index is 3.79. The van der Waals surface area contributed by atoms with Gasteiger partial charge in [-0.1, -0.05) is 231 Å². The Labute approximate surface area is 323 Å². The number of hydrogen-bond acceptors (Lipinski definition) is 3. The van der Waals surface area contributed by atoms with Gasteiger partial charge in [-0.2, -0.15) is 0 Å². The number of unbranched alkanes of at least 4 members (excludes halogenated alkanes) is 17. The topological polar surface area (TPSA) is 24.1 Å². The SMILES string of the molecule is C=C(C)SNC.C=CC.C=CCCCCCCCNCCCCCCCC1CCCCCCCCCCCC1.CCCCCCCCCCC. The van der Waals surface area contributed by atoms with Crippen molar-refractivity contribution in [3.63, 3.8) is 0 Å². The zero-order valence-corrected chi connectivity index (χ0v) is 36.3. The average molecular weight is 721 g/mol. The van der Waals surface area contributed by atoms with Crippen LogP contribution in [0.3, 0.4) is 0 Å². The van der Waals surface area contributed by atoms with E-state index in [0.717, 1.165) is 10.8 Å². The maximum Gasteiger partial charge on any atom is -0.00489 e. The predicted octanol–water partition coefficient (Wildman–Crippen LogP) is 16.9. The quantitative estimate of drug-likeness (QED) is 0.0528. The molecule has 0 amide bonds. The van der Waals surface area contributed by atoms with Gasteiger partial charge in [0.25, 0.3) is 0 Å². The molecule has 0 atom stereocenters. The van der Waals surface area contributed by atoms with Gasteiger partial charge in [-0.3, -0.25) is 4.72 Å². The van der Waals surface area contributed by atoms with Crippen LogP contribution in [0, 0.1) is 5.92 Å². The molecule has 1 fully saturated rings. The molecule has 1 aliphatic rings. The van der Waals surface area contributed by atoms with Crippen LogP contribution in [0.5, 0.6) is 0 Å². The summed E-state index contributed by atoms with van der Waals surface area (Å²) in [4.78, 5) is 1.09. The zero-order valence-electron chi connectivity index (χ0n) is 35.5. The standard InChI is InChI=1S/C29H57N.C11H24.C4H9NS.C3H6/c1-2-3-4-5-12-17-22-27-30-28-23-18-13-16-21-26-29-24-19-14-10-8-6-7-9-11-15-20-25-29;1-3-5-7-9-11-10-8-6-4-2;1-4(2)6-5-3;1-3-2/h2,29-30H,1,3-28H2;3-11H2,1-2H3;5H,1H2,2-3H3;3H,1H2,2H3. The molecule has 0 bridgehead atoms. The minimum Gasteiger partial charge on any atom is -0.317 e. The van der Waals surface area contributed by atoms with E-state index in [-0.39, 0.29) is 0 Å². The lowest BCUT2D eigenvalue weighted by atomic mass is 9.90. The molecule has 2 nitrogen and oxygen atoms in total. The third-order valence-corrected chi connectivity index (χ3v) is 10.2. The van der Waals surface area contributed by atoms with Gasteiger partial charge in [0.15, 0.2) is 0 Å². The summed E-state index contributed by atoms with van der Waals surface area (Å²) in [6.45, 7) is 21.7. The minimum atomic E-state index is 1.05. The van der Waals surface area contributed by atoms with Crippen LogP contribution in [0.25, 0.3) is 0 Å². The van der Waals surface area contributed by atoms with E-state index in [1.807, 2.05) is 27.0 Å². The van der Waals surface area contributed by atoms with Gasteiger partial charge in [0.1, 0.15) is 0 Å². The summed E-state index contributed by atoms with van der Waals surface area (Å²) in [6.07, 6.45) is 51.6. The summed E-state index contributed by atoms with van der Waals surface area (Å²) in [5.41, 5.74) is 0. The molecule has 2 N–H and O–H groups in total. The monoisotopic (exact) mass is 721 g/mol. The van der Waals surface area contributed by atoms with Gasteiger partial charge in [0.05, 0.1) is 0 Å². The summed E-state index contributed by atoms with van der Waals surface area (Å²) in [5, 5.41) is 3.65. The van der Waals surface area contributed by atoms with E-state index in [1.165, 1.54) is 225 Å². The first-order valence-electron chi connectivity index (χ1n) is 22.4. The first-order chi connectivity index (χ1) is 24.5. The molecule has 1 aliphatic carbocycles. The van der Waals surface area contributed by atoms with E-state index in [0.29, 0.717) is 0 Å². The first kappa shape index (κ1) is 53.8. The van der Waals surface area contributed by atoms with Crippen LogP contribution in [0.2, 0.25) is 0 Å². The second-order valence-electron chi connectivity index (χ2n) is 15.0. The smallest absolute Gasteiger partial charge is 0.00489 e. The molecule has 0 aromatic carbocycles. The lowest BCUT2D eigenvalue weighted by Crippen LogP contribution is -2.16. The van der Waals surface area contributed by atoms with Crippen LogP contribution >= 0.6 is 11.9 Å². The Hall–Kier alpha value is -0.510. The Morgan fingerprint density at radius 1 is 0.580 bits per heavy atom. The highest BCUT2D eigenvalue weighted by molar-refractivity contribution is 8.01. The third kappa shape index (κ3) is 56.9. The molecule has 0 radical (unpaired) electrons. The summed E-state index contributed by atoms with van der Waals surface area (Å²) in [7, 11) is 1.87. The van der Waals surface area contributed by atoms with Gasteiger partial charge in [-0.15, -0.1) is 13.2 Å². The van der Waals surface area contributed by atoms with E-state index in [9.17, 15) is 0 Å². The molecule has 0 unspecified atom stereocenters. The number of hydrogen-bond donors (Lipinski definition) is 2. The molecule has 1 rings (SSSR count). The Kier molecular flexibility index (Phi) is 56.9. The molecular weight excluding hydrogens is 625 g/mol. The van der Waals surface area contributed by atoms with Gasteiger partial charge < -0.3 is 5.32 Å². The molecule has 0 aromatic heterocycles. The van der Waals surface area contributed by atoms with Crippen LogP contribution in [-0.2, 0) is 0 Å². The van der Waals surface area contributed by atoms with Gasteiger partial charge in [-0.25, -0.2) is 0 Å². The fourth-order valence-electron chi connectivity index (χ4n) is 6.68. The van der Waals surface area contributed by atoms with Crippen molar-refractivity contribution >= 4 is 11.9 Å². The van der Waals surface area contributed by atoms with Crippen molar-refractivity contribution < 1.29 is 0 Å². The Morgan fingerprint density at radius 3 is 1.30 bits per heavy atom. The van der Waals surface area contributed by atoms with Crippen molar-refractivity contribution in [3.8, 4) is 0 Å². The number of nitrogens with one attached hydrogen (secondary N) is 2. The van der Waals surface area contributed by atoms with Crippen LogP contribution in [0.15, 0.2) is 36.8 Å². The van der Waals surface area contributed by atoms with Crippen molar-refractivity contribution in [1.29, 1.82) is 0 Å². The number of allylic oxidation sites excluding steroid dienone is 3. The lowest BCUT2D eigenvalue weighted by molar-refractivity contribution is 0.368. The molecule has 0 aromatic rings. The molecule has 1 saturated carbocycles. The van der Waals surface area contributed by atoms with Crippen molar-refractivity contribution in [2.45, 2.75) is 240 Å². The first-order valence-corrected chi connectivity index (χ1v) is 23.2. The largest absolute Gasteiger partial charge is 0.317 e. The summed E-state index contributed by atoms with van der Waals surface area (Å²) in [5.74, 6) is 1.05. The Morgan fingerprint density at radius 2 is 0.940 bits per heavy atom. The molecule has 3 heteroatoms. The number of rotatable bonds is 26. The average Bonchev–Trinajstić information content (AvgIpc) is 3.13. The van der Waals surface area contributed by atoms with E-state index < -0.39 is 0 Å². The maximum atomic E-state index is 3.79. The summed E-state index contributed by atoms with van der Waals surface area (Å²) >= 11 is 1.54. The van der Waals surface area contributed by atoms with Gasteiger partial charge in [-0.05, 0) is 70.5 Å². The van der Waals surface area contributed by atoms with Crippen LogP contribution in [0.4, 0.5) is 0 Å². The van der Waals surface area contributed by atoms with E-state index >= 15 is 0 Å². The Bertz CT molecular complexity index is 596. The van der Waals surface area contributed by atoms with Gasteiger partial charge >= 0.3 is 0 Å². The highest BCUT2D eigenvalue weighted by atomic mass is 32.2. The second kappa shape index (κ2) is 52.8. The molecule has 0 heterocycles. The van der Waals surface area contributed by atoms with Crippen molar-refractivity contribution in [1.82, 2.24) is 10.0 Å².